The minimum atomic E-state index is -0.572. The van der Waals surface area contributed by atoms with E-state index in [9.17, 15) is 15.0 Å². The van der Waals surface area contributed by atoms with Crippen molar-refractivity contribution in [1.29, 1.82) is 0 Å². The second-order valence-corrected chi connectivity index (χ2v) is 8.26. The number of aliphatic hydroxyl groups excluding tert-OH is 2. The molecule has 2 N–H and O–H groups in total. The normalized spacial score (nSPS) is 25.4. The zero-order valence-electron chi connectivity index (χ0n) is 16.6. The third kappa shape index (κ3) is 9.01. The Kier molecular flexibility index (Phi) is 11.3. The molecule has 3 heteroatoms. The first-order chi connectivity index (χ1) is 12.0. The predicted octanol–water partition coefficient (Wildman–Crippen LogP) is 5.05. The van der Waals surface area contributed by atoms with Crippen LogP contribution in [0.2, 0.25) is 0 Å². The number of carbonyl (C=O) groups excluding carboxylic acids is 1. The summed E-state index contributed by atoms with van der Waals surface area (Å²) in [4.78, 5) is 12.2. The van der Waals surface area contributed by atoms with E-state index in [4.69, 9.17) is 0 Å². The smallest absolute Gasteiger partial charge is 0.139 e. The zero-order chi connectivity index (χ0) is 18.7. The summed E-state index contributed by atoms with van der Waals surface area (Å²) in [6, 6.07) is 0. The van der Waals surface area contributed by atoms with Gasteiger partial charge >= 0.3 is 0 Å². The maximum Gasteiger partial charge on any atom is 0.139 e. The van der Waals surface area contributed by atoms with E-state index in [1.54, 1.807) is 6.08 Å². The molecule has 0 aromatic rings. The summed E-state index contributed by atoms with van der Waals surface area (Å²) in [7, 11) is 0. The van der Waals surface area contributed by atoms with Crippen molar-refractivity contribution in [3.63, 3.8) is 0 Å². The lowest BCUT2D eigenvalue weighted by atomic mass is 9.88. The quantitative estimate of drug-likeness (QED) is 0.360. The average Bonchev–Trinajstić information content (AvgIpc) is 2.82. The van der Waals surface area contributed by atoms with Gasteiger partial charge in [-0.05, 0) is 18.8 Å². The summed E-state index contributed by atoms with van der Waals surface area (Å²) in [6.07, 6.45) is 13.9. The first kappa shape index (κ1) is 22.4. The number of unbranched alkanes of at least 4 members (excludes halogenated alkanes) is 5. The fourth-order valence-corrected chi connectivity index (χ4v) is 3.82. The zero-order valence-corrected chi connectivity index (χ0v) is 16.6. The van der Waals surface area contributed by atoms with Crippen LogP contribution in [0.1, 0.15) is 91.4 Å². The molecule has 0 aromatic heterocycles. The van der Waals surface area contributed by atoms with Gasteiger partial charge in [0.2, 0.25) is 0 Å². The number of Topliss-reactive ketones (excluding diaryl/α,β-unsaturated/α-hetero) is 1. The standard InChI is InChI=1S/C22H40O3/c1-4-5-8-12-18(23)14-15-20-19(21(24)16-22(20)25)13-10-7-6-9-11-17(2)3/h14-15,17-20,22-23,25H,4-13,16H2,1-3H3/b15-14+/t18?,19-,20-,22?/m1/s1. The molecule has 1 saturated carbocycles. The van der Waals surface area contributed by atoms with E-state index >= 15 is 0 Å². The number of aliphatic hydroxyl groups is 2. The summed E-state index contributed by atoms with van der Waals surface area (Å²) in [5.74, 6) is 0.804. The van der Waals surface area contributed by atoms with Crippen LogP contribution in [-0.4, -0.2) is 28.2 Å². The van der Waals surface area contributed by atoms with E-state index in [2.05, 4.69) is 20.8 Å². The Hall–Kier alpha value is -0.670. The van der Waals surface area contributed by atoms with Crippen molar-refractivity contribution in [2.24, 2.45) is 17.8 Å². The van der Waals surface area contributed by atoms with Crippen molar-refractivity contribution < 1.29 is 15.0 Å². The fourth-order valence-electron chi connectivity index (χ4n) is 3.82. The summed E-state index contributed by atoms with van der Waals surface area (Å²) in [5.41, 5.74) is 0. The van der Waals surface area contributed by atoms with Gasteiger partial charge in [-0.25, -0.2) is 0 Å². The van der Waals surface area contributed by atoms with Crippen molar-refractivity contribution in [1.82, 2.24) is 0 Å². The molecule has 1 aliphatic rings. The number of hydrogen-bond donors (Lipinski definition) is 2. The van der Waals surface area contributed by atoms with Gasteiger partial charge in [-0.3, -0.25) is 4.79 Å². The highest BCUT2D eigenvalue weighted by molar-refractivity contribution is 5.84. The highest BCUT2D eigenvalue weighted by Crippen LogP contribution is 2.34. The third-order valence-electron chi connectivity index (χ3n) is 5.44. The number of ketones is 1. The molecule has 25 heavy (non-hydrogen) atoms. The van der Waals surface area contributed by atoms with Crippen LogP contribution in [0.4, 0.5) is 0 Å². The first-order valence-corrected chi connectivity index (χ1v) is 10.5. The third-order valence-corrected chi connectivity index (χ3v) is 5.44. The van der Waals surface area contributed by atoms with Crippen LogP contribution in [0, 0.1) is 17.8 Å². The monoisotopic (exact) mass is 352 g/mol. The van der Waals surface area contributed by atoms with Gasteiger partial charge in [0.05, 0.1) is 12.2 Å². The van der Waals surface area contributed by atoms with Gasteiger partial charge in [0, 0.05) is 18.3 Å². The number of rotatable bonds is 13. The van der Waals surface area contributed by atoms with Crippen LogP contribution in [0.5, 0.6) is 0 Å². The van der Waals surface area contributed by atoms with E-state index in [1.165, 1.54) is 25.7 Å². The topological polar surface area (TPSA) is 57.5 Å². The van der Waals surface area contributed by atoms with E-state index in [0.29, 0.717) is 0 Å². The maximum atomic E-state index is 12.2. The summed E-state index contributed by atoms with van der Waals surface area (Å²) in [5, 5.41) is 20.2. The van der Waals surface area contributed by atoms with E-state index in [-0.39, 0.29) is 24.0 Å². The maximum absolute atomic E-state index is 12.2. The minimum absolute atomic E-state index is 0.0563. The molecule has 1 fully saturated rings. The molecule has 4 atom stereocenters. The number of hydrogen-bond acceptors (Lipinski definition) is 3. The average molecular weight is 353 g/mol. The molecule has 3 nitrogen and oxygen atoms in total. The van der Waals surface area contributed by atoms with Gasteiger partial charge in [0.15, 0.2) is 0 Å². The molecule has 0 spiro atoms. The molecule has 1 rings (SSSR count). The summed E-state index contributed by atoms with van der Waals surface area (Å²) >= 11 is 0. The van der Waals surface area contributed by atoms with Crippen LogP contribution in [-0.2, 0) is 4.79 Å². The van der Waals surface area contributed by atoms with Crippen molar-refractivity contribution in [2.75, 3.05) is 0 Å². The predicted molar refractivity (Wildman–Crippen MR) is 104 cm³/mol. The van der Waals surface area contributed by atoms with Gasteiger partial charge in [-0.1, -0.05) is 84.3 Å². The Labute approximate surface area is 154 Å². The van der Waals surface area contributed by atoms with Gasteiger partial charge in [0.25, 0.3) is 0 Å². The molecule has 0 aliphatic heterocycles. The second kappa shape index (κ2) is 12.6. The van der Waals surface area contributed by atoms with Gasteiger partial charge in [-0.15, -0.1) is 0 Å². The van der Waals surface area contributed by atoms with Crippen LogP contribution in [0.15, 0.2) is 12.2 Å². The molecule has 2 unspecified atom stereocenters. The van der Waals surface area contributed by atoms with E-state index in [1.807, 2.05) is 6.08 Å². The molecular formula is C22H40O3. The molecule has 0 radical (unpaired) electrons. The Morgan fingerprint density at radius 3 is 2.44 bits per heavy atom. The lowest BCUT2D eigenvalue weighted by Crippen LogP contribution is -2.19. The van der Waals surface area contributed by atoms with Crippen molar-refractivity contribution in [3.05, 3.63) is 12.2 Å². The summed E-state index contributed by atoms with van der Waals surface area (Å²) < 4.78 is 0. The Morgan fingerprint density at radius 2 is 1.76 bits per heavy atom. The van der Waals surface area contributed by atoms with Crippen LogP contribution < -0.4 is 0 Å². The molecule has 1 aliphatic carbocycles. The molecule has 0 amide bonds. The van der Waals surface area contributed by atoms with Gasteiger partial charge in [0.1, 0.15) is 5.78 Å². The number of carbonyl (C=O) groups is 1. The molecule has 0 bridgehead atoms. The second-order valence-electron chi connectivity index (χ2n) is 8.26. The Balaban J connectivity index is 2.38. The fraction of sp³-hybridized carbons (Fsp3) is 0.864. The van der Waals surface area contributed by atoms with E-state index in [0.717, 1.165) is 44.4 Å². The molecular weight excluding hydrogens is 312 g/mol. The molecule has 146 valence electrons. The van der Waals surface area contributed by atoms with E-state index < -0.39 is 12.2 Å². The molecule has 0 saturated heterocycles. The van der Waals surface area contributed by atoms with Crippen molar-refractivity contribution >= 4 is 5.78 Å². The molecule has 0 aromatic carbocycles. The molecule has 0 heterocycles. The first-order valence-electron chi connectivity index (χ1n) is 10.5. The van der Waals surface area contributed by atoms with Gasteiger partial charge < -0.3 is 10.2 Å². The summed E-state index contributed by atoms with van der Waals surface area (Å²) in [6.45, 7) is 6.66. The van der Waals surface area contributed by atoms with Gasteiger partial charge in [-0.2, -0.15) is 0 Å². The lowest BCUT2D eigenvalue weighted by Gasteiger charge is -2.18. The van der Waals surface area contributed by atoms with Crippen molar-refractivity contribution in [3.8, 4) is 0 Å². The lowest BCUT2D eigenvalue weighted by molar-refractivity contribution is -0.121. The highest BCUT2D eigenvalue weighted by Gasteiger charge is 2.39. The Morgan fingerprint density at radius 1 is 1.08 bits per heavy atom. The largest absolute Gasteiger partial charge is 0.392 e. The SMILES string of the molecule is CCCCCC(O)/C=C/[C@H]1C(O)CC(=O)[C@@H]1CCCCCCC(C)C. The highest BCUT2D eigenvalue weighted by atomic mass is 16.3. The van der Waals surface area contributed by atoms with Crippen LogP contribution >= 0.6 is 0 Å². The van der Waals surface area contributed by atoms with Crippen LogP contribution in [0.25, 0.3) is 0 Å². The van der Waals surface area contributed by atoms with Crippen molar-refractivity contribution in [2.45, 2.75) is 104 Å². The Bertz CT molecular complexity index is 389. The minimum Gasteiger partial charge on any atom is -0.392 e. The van der Waals surface area contributed by atoms with Crippen LogP contribution in [0.3, 0.4) is 0 Å².